The van der Waals surface area contributed by atoms with Gasteiger partial charge in [0, 0.05) is 12.6 Å². The zero-order valence-corrected chi connectivity index (χ0v) is 9.66. The van der Waals surface area contributed by atoms with Crippen molar-refractivity contribution in [3.05, 3.63) is 0 Å². The van der Waals surface area contributed by atoms with E-state index >= 15 is 0 Å². The molecule has 1 saturated heterocycles. The maximum absolute atomic E-state index is 10.7. The summed E-state index contributed by atoms with van der Waals surface area (Å²) in [4.78, 5) is 2.16. The van der Waals surface area contributed by atoms with Crippen LogP contribution in [0.4, 0.5) is 0 Å². The molecule has 0 aromatic rings. The number of hydrogen-bond donors (Lipinski definition) is 1. The Morgan fingerprint density at radius 1 is 1.40 bits per heavy atom. The minimum Gasteiger partial charge on any atom is -0.387 e. The Kier molecular flexibility index (Phi) is 2.52. The van der Waals surface area contributed by atoms with Crippen molar-refractivity contribution in [1.82, 2.24) is 4.90 Å². The largest absolute Gasteiger partial charge is 0.387 e. The molecule has 2 unspecified atom stereocenters. The Labute approximate surface area is 91.7 Å². The number of nitrogens with zero attached hydrogens (tertiary/aromatic N) is 2. The molecular formula is C12H20N2O. The van der Waals surface area contributed by atoms with E-state index in [1.807, 2.05) is 7.05 Å². The van der Waals surface area contributed by atoms with Crippen molar-refractivity contribution < 1.29 is 5.11 Å². The molecule has 0 aromatic heterocycles. The molecule has 2 atom stereocenters. The van der Waals surface area contributed by atoms with Gasteiger partial charge in [0.1, 0.15) is 0 Å². The molecule has 84 valence electrons. The van der Waals surface area contributed by atoms with Gasteiger partial charge in [0.15, 0.2) is 0 Å². The molecule has 1 N–H and O–H groups in total. The van der Waals surface area contributed by atoms with Crippen LogP contribution >= 0.6 is 0 Å². The minimum absolute atomic E-state index is 0.390. The number of hydrogen-bond acceptors (Lipinski definition) is 3. The fraction of sp³-hybridized carbons (Fsp3) is 0.917. The normalized spacial score (nSPS) is 40.5. The minimum atomic E-state index is -0.771. The number of likely N-dealkylation sites (tertiary alicyclic amines) is 1. The molecule has 2 fully saturated rings. The van der Waals surface area contributed by atoms with E-state index in [1.165, 1.54) is 0 Å². The highest BCUT2D eigenvalue weighted by atomic mass is 16.3. The molecule has 0 radical (unpaired) electrons. The molecule has 2 aliphatic rings. The molecule has 1 saturated carbocycles. The number of aliphatic hydroxyl groups is 1. The number of rotatable bonds is 1. The molecule has 1 aliphatic heterocycles. The third-order valence-corrected chi connectivity index (χ3v) is 4.46. The predicted molar refractivity (Wildman–Crippen MR) is 58.2 cm³/mol. The maximum Gasteiger partial charge on any atom is 0.0974 e. The first-order valence-corrected chi connectivity index (χ1v) is 5.87. The van der Waals surface area contributed by atoms with E-state index in [9.17, 15) is 10.4 Å². The van der Waals surface area contributed by atoms with Gasteiger partial charge in [-0.25, -0.2) is 0 Å². The van der Waals surface area contributed by atoms with Gasteiger partial charge in [-0.15, -0.1) is 0 Å². The van der Waals surface area contributed by atoms with Crippen LogP contribution in [0.1, 0.15) is 39.0 Å². The molecule has 3 nitrogen and oxygen atoms in total. The molecule has 0 aromatic carbocycles. The summed E-state index contributed by atoms with van der Waals surface area (Å²) in [5.74, 6) is 0. The van der Waals surface area contributed by atoms with E-state index in [2.05, 4.69) is 17.9 Å². The first-order chi connectivity index (χ1) is 7.03. The highest BCUT2D eigenvalue weighted by molar-refractivity contribution is 5.17. The molecule has 0 bridgehead atoms. The Hall–Kier alpha value is -0.590. The van der Waals surface area contributed by atoms with E-state index in [1.54, 1.807) is 0 Å². The van der Waals surface area contributed by atoms with Crippen LogP contribution in [0, 0.1) is 16.7 Å². The molecule has 0 spiro atoms. The van der Waals surface area contributed by atoms with Gasteiger partial charge < -0.3 is 10.0 Å². The van der Waals surface area contributed by atoms with Crippen molar-refractivity contribution in [2.75, 3.05) is 13.6 Å². The Morgan fingerprint density at radius 2 is 2.00 bits per heavy atom. The Bertz CT molecular complexity index is 278. The van der Waals surface area contributed by atoms with E-state index in [0.717, 1.165) is 32.1 Å². The summed E-state index contributed by atoms with van der Waals surface area (Å²) in [5, 5.41) is 20.1. The van der Waals surface area contributed by atoms with Gasteiger partial charge in [-0.3, -0.25) is 0 Å². The van der Waals surface area contributed by atoms with Gasteiger partial charge in [-0.1, -0.05) is 12.8 Å². The summed E-state index contributed by atoms with van der Waals surface area (Å²) in [6, 6.07) is 2.81. The van der Waals surface area contributed by atoms with Crippen LogP contribution in [-0.2, 0) is 0 Å². The molecular weight excluding hydrogens is 188 g/mol. The highest BCUT2D eigenvalue weighted by Crippen LogP contribution is 2.50. The molecule has 1 heterocycles. The third kappa shape index (κ3) is 1.47. The zero-order chi connectivity index (χ0) is 11.1. The van der Waals surface area contributed by atoms with Crippen molar-refractivity contribution in [2.45, 2.75) is 50.7 Å². The first-order valence-electron chi connectivity index (χ1n) is 5.87. The quantitative estimate of drug-likeness (QED) is 0.711. The number of likely N-dealkylation sites (N-methyl/N-ethyl adjacent to an activating group) is 1. The zero-order valence-electron chi connectivity index (χ0n) is 9.66. The van der Waals surface area contributed by atoms with E-state index in [-0.39, 0.29) is 0 Å². The van der Waals surface area contributed by atoms with E-state index < -0.39 is 11.0 Å². The average molecular weight is 208 g/mol. The summed E-state index contributed by atoms with van der Waals surface area (Å²) >= 11 is 0. The van der Waals surface area contributed by atoms with Gasteiger partial charge in [0.25, 0.3) is 0 Å². The monoisotopic (exact) mass is 208 g/mol. The summed E-state index contributed by atoms with van der Waals surface area (Å²) in [6.07, 6.45) is 4.68. The lowest BCUT2D eigenvalue weighted by Gasteiger charge is -2.37. The molecule has 3 heteroatoms. The van der Waals surface area contributed by atoms with Crippen molar-refractivity contribution in [2.24, 2.45) is 5.41 Å². The second-order valence-corrected chi connectivity index (χ2v) is 5.40. The highest BCUT2D eigenvalue weighted by Gasteiger charge is 2.56. The number of nitriles is 1. The van der Waals surface area contributed by atoms with Crippen LogP contribution in [-0.4, -0.2) is 35.2 Å². The summed E-state index contributed by atoms with van der Waals surface area (Å²) in [5.41, 5.74) is -1.24. The van der Waals surface area contributed by atoms with Gasteiger partial charge in [0.05, 0.1) is 17.1 Å². The van der Waals surface area contributed by atoms with Crippen LogP contribution < -0.4 is 0 Å². The second kappa shape index (κ2) is 3.47. The topological polar surface area (TPSA) is 47.3 Å². The lowest BCUT2D eigenvalue weighted by molar-refractivity contribution is -0.0420. The van der Waals surface area contributed by atoms with Crippen molar-refractivity contribution >= 4 is 0 Å². The van der Waals surface area contributed by atoms with Crippen LogP contribution in [0.2, 0.25) is 0 Å². The Balaban J connectivity index is 2.26. The van der Waals surface area contributed by atoms with Crippen LogP contribution in [0.25, 0.3) is 0 Å². The third-order valence-electron chi connectivity index (χ3n) is 4.46. The standard InChI is InChI=1S/C12H20N2O/c1-10-7-12(15,9-14(10)2)11(8-13)5-3-4-6-11/h10,15H,3-7,9H2,1-2H3. The molecule has 1 aliphatic carbocycles. The summed E-state index contributed by atoms with van der Waals surface area (Å²) in [7, 11) is 2.03. The van der Waals surface area contributed by atoms with Gasteiger partial charge in [-0.05, 0) is 33.2 Å². The van der Waals surface area contributed by atoms with Gasteiger partial charge >= 0.3 is 0 Å². The molecule has 2 rings (SSSR count). The van der Waals surface area contributed by atoms with Gasteiger partial charge in [-0.2, -0.15) is 5.26 Å². The maximum atomic E-state index is 10.7. The summed E-state index contributed by atoms with van der Waals surface area (Å²) < 4.78 is 0. The number of β-amino-alcohol motifs (C(OH)–C–C–N with tert-alkyl or cyclic N) is 1. The van der Waals surface area contributed by atoms with Gasteiger partial charge in [0.2, 0.25) is 0 Å². The lowest BCUT2D eigenvalue weighted by Crippen LogP contribution is -2.47. The lowest BCUT2D eigenvalue weighted by atomic mass is 9.70. The second-order valence-electron chi connectivity index (χ2n) is 5.40. The van der Waals surface area contributed by atoms with Crippen LogP contribution in [0.3, 0.4) is 0 Å². The summed E-state index contributed by atoms with van der Waals surface area (Å²) in [6.45, 7) is 2.78. The molecule has 0 amide bonds. The first kappa shape index (κ1) is 10.9. The average Bonchev–Trinajstić information content (AvgIpc) is 2.74. The fourth-order valence-electron chi connectivity index (χ4n) is 3.28. The molecule has 15 heavy (non-hydrogen) atoms. The van der Waals surface area contributed by atoms with Crippen molar-refractivity contribution in [3.8, 4) is 6.07 Å². The SMILES string of the molecule is CC1CC(O)(C2(C#N)CCCC2)CN1C. The smallest absolute Gasteiger partial charge is 0.0974 e. The van der Waals surface area contributed by atoms with Crippen molar-refractivity contribution in [3.63, 3.8) is 0 Å². The van der Waals surface area contributed by atoms with E-state index in [4.69, 9.17) is 0 Å². The van der Waals surface area contributed by atoms with Crippen LogP contribution in [0.5, 0.6) is 0 Å². The fourth-order valence-corrected chi connectivity index (χ4v) is 3.28. The Morgan fingerprint density at radius 3 is 2.40 bits per heavy atom. The van der Waals surface area contributed by atoms with E-state index in [0.29, 0.717) is 12.6 Å². The van der Waals surface area contributed by atoms with Crippen LogP contribution in [0.15, 0.2) is 0 Å². The van der Waals surface area contributed by atoms with Crippen molar-refractivity contribution in [1.29, 1.82) is 5.26 Å². The predicted octanol–water partition coefficient (Wildman–Crippen LogP) is 1.53.